The number of nitrogens with one attached hydrogen (secondary N) is 1. The number of benzene rings is 2. The lowest BCUT2D eigenvalue weighted by atomic mass is 10.0. The van der Waals surface area contributed by atoms with Crippen molar-refractivity contribution >= 4 is 11.8 Å². The van der Waals surface area contributed by atoms with Crippen LogP contribution in [-0.4, -0.2) is 42.5 Å². The van der Waals surface area contributed by atoms with E-state index >= 15 is 0 Å². The van der Waals surface area contributed by atoms with Crippen LogP contribution in [0.15, 0.2) is 54.6 Å². The molecule has 1 aliphatic rings. The highest BCUT2D eigenvalue weighted by Crippen LogP contribution is 2.21. The number of ether oxygens (including phenoxy) is 1. The Bertz CT molecular complexity index is 814. The molecule has 29 heavy (non-hydrogen) atoms. The first-order chi connectivity index (χ1) is 14.0. The molecule has 154 valence electrons. The maximum Gasteiger partial charge on any atom is 0.258 e. The SMILES string of the molecule is CC(C)[C@H](NC(=O)COc1ccccc1Cc1ccccc1)C(=O)N1CCCC1. The van der Waals surface area contributed by atoms with Gasteiger partial charge in [0.1, 0.15) is 11.8 Å². The van der Waals surface area contributed by atoms with E-state index in [0.717, 1.165) is 37.9 Å². The zero-order valence-corrected chi connectivity index (χ0v) is 17.3. The van der Waals surface area contributed by atoms with Crippen LogP contribution in [0.2, 0.25) is 0 Å². The summed E-state index contributed by atoms with van der Waals surface area (Å²) in [5.74, 6) is 0.456. The van der Waals surface area contributed by atoms with Gasteiger partial charge in [-0.25, -0.2) is 0 Å². The number of rotatable bonds is 8. The van der Waals surface area contributed by atoms with Crippen molar-refractivity contribution in [3.05, 3.63) is 65.7 Å². The van der Waals surface area contributed by atoms with Crippen LogP contribution in [0.5, 0.6) is 5.75 Å². The molecule has 0 aromatic heterocycles. The van der Waals surface area contributed by atoms with Crippen molar-refractivity contribution < 1.29 is 14.3 Å². The minimum atomic E-state index is -0.510. The number of carbonyl (C=O) groups is 2. The molecular formula is C24H30N2O3. The average molecular weight is 395 g/mol. The number of nitrogens with zero attached hydrogens (tertiary/aromatic N) is 1. The Morgan fingerprint density at radius 2 is 1.66 bits per heavy atom. The molecule has 2 aromatic rings. The van der Waals surface area contributed by atoms with Crippen molar-refractivity contribution in [1.29, 1.82) is 0 Å². The molecule has 0 aliphatic carbocycles. The van der Waals surface area contributed by atoms with Gasteiger partial charge in [-0.1, -0.05) is 62.4 Å². The predicted molar refractivity (Wildman–Crippen MR) is 114 cm³/mol. The van der Waals surface area contributed by atoms with Gasteiger partial charge in [-0.3, -0.25) is 9.59 Å². The molecule has 0 radical (unpaired) electrons. The molecular weight excluding hydrogens is 364 g/mol. The minimum absolute atomic E-state index is 0.00956. The van der Waals surface area contributed by atoms with Crippen molar-refractivity contribution in [1.82, 2.24) is 10.2 Å². The second-order valence-corrected chi connectivity index (χ2v) is 7.88. The summed E-state index contributed by atoms with van der Waals surface area (Å²) in [6.45, 7) is 5.36. The van der Waals surface area contributed by atoms with Gasteiger partial charge < -0.3 is 15.0 Å². The van der Waals surface area contributed by atoms with Crippen LogP contribution in [0.4, 0.5) is 0 Å². The third-order valence-corrected chi connectivity index (χ3v) is 5.24. The first-order valence-electron chi connectivity index (χ1n) is 10.4. The Kier molecular flexibility index (Phi) is 7.28. The molecule has 1 atom stereocenters. The second kappa shape index (κ2) is 10.1. The summed E-state index contributed by atoms with van der Waals surface area (Å²) in [4.78, 5) is 27.1. The normalized spacial score (nSPS) is 14.7. The average Bonchev–Trinajstić information content (AvgIpc) is 3.26. The standard InChI is InChI=1S/C24H30N2O3/c1-18(2)23(24(28)26-14-8-9-15-26)25-22(27)17-29-21-13-7-6-12-20(21)16-19-10-4-3-5-11-19/h3-7,10-13,18,23H,8-9,14-17H2,1-2H3,(H,25,27)/t23-/m0/s1. The molecule has 0 bridgehead atoms. The summed E-state index contributed by atoms with van der Waals surface area (Å²) >= 11 is 0. The van der Waals surface area contributed by atoms with Crippen LogP contribution in [-0.2, 0) is 16.0 Å². The van der Waals surface area contributed by atoms with Crippen molar-refractivity contribution in [2.75, 3.05) is 19.7 Å². The smallest absolute Gasteiger partial charge is 0.258 e. The highest BCUT2D eigenvalue weighted by Gasteiger charge is 2.30. The van der Waals surface area contributed by atoms with Crippen LogP contribution >= 0.6 is 0 Å². The third-order valence-electron chi connectivity index (χ3n) is 5.24. The highest BCUT2D eigenvalue weighted by molar-refractivity contribution is 5.88. The predicted octanol–water partition coefficient (Wildman–Crippen LogP) is 3.42. The van der Waals surface area contributed by atoms with E-state index in [1.807, 2.05) is 61.2 Å². The summed E-state index contributed by atoms with van der Waals surface area (Å²) in [6, 6.07) is 17.4. The Morgan fingerprint density at radius 3 is 2.34 bits per heavy atom. The molecule has 1 heterocycles. The fourth-order valence-electron chi connectivity index (χ4n) is 3.61. The van der Waals surface area contributed by atoms with E-state index in [9.17, 15) is 9.59 Å². The van der Waals surface area contributed by atoms with E-state index in [1.165, 1.54) is 5.56 Å². The van der Waals surface area contributed by atoms with E-state index < -0.39 is 6.04 Å². The maximum atomic E-state index is 12.7. The van der Waals surface area contributed by atoms with Crippen LogP contribution in [0.25, 0.3) is 0 Å². The van der Waals surface area contributed by atoms with Gasteiger partial charge in [0.25, 0.3) is 5.91 Å². The summed E-state index contributed by atoms with van der Waals surface area (Å²) in [6.07, 6.45) is 2.80. The minimum Gasteiger partial charge on any atom is -0.483 e. The molecule has 0 saturated carbocycles. The monoisotopic (exact) mass is 394 g/mol. The van der Waals surface area contributed by atoms with Gasteiger partial charge in [0.05, 0.1) is 0 Å². The second-order valence-electron chi connectivity index (χ2n) is 7.88. The van der Waals surface area contributed by atoms with Crippen molar-refractivity contribution in [3.8, 4) is 5.75 Å². The Labute approximate surface area is 173 Å². The third kappa shape index (κ3) is 5.83. The lowest BCUT2D eigenvalue weighted by Gasteiger charge is -2.26. The lowest BCUT2D eigenvalue weighted by Crippen LogP contribution is -2.51. The number of carbonyl (C=O) groups excluding carboxylic acids is 2. The van der Waals surface area contributed by atoms with Crippen molar-refractivity contribution in [3.63, 3.8) is 0 Å². The Hall–Kier alpha value is -2.82. The van der Waals surface area contributed by atoms with Crippen LogP contribution in [0.1, 0.15) is 37.8 Å². The fraction of sp³-hybridized carbons (Fsp3) is 0.417. The zero-order valence-electron chi connectivity index (χ0n) is 17.3. The van der Waals surface area contributed by atoms with Gasteiger partial charge >= 0.3 is 0 Å². The first kappa shape index (κ1) is 20.9. The van der Waals surface area contributed by atoms with E-state index in [-0.39, 0.29) is 24.3 Å². The number of hydrogen-bond donors (Lipinski definition) is 1. The molecule has 1 N–H and O–H groups in total. The molecule has 1 saturated heterocycles. The zero-order chi connectivity index (χ0) is 20.6. The summed E-state index contributed by atoms with van der Waals surface area (Å²) in [7, 11) is 0. The first-order valence-corrected chi connectivity index (χ1v) is 10.4. The highest BCUT2D eigenvalue weighted by atomic mass is 16.5. The maximum absolute atomic E-state index is 12.7. The summed E-state index contributed by atoms with van der Waals surface area (Å²) < 4.78 is 5.82. The van der Waals surface area contributed by atoms with E-state index in [2.05, 4.69) is 17.4 Å². The van der Waals surface area contributed by atoms with Crippen LogP contribution < -0.4 is 10.1 Å². The molecule has 2 aromatic carbocycles. The number of hydrogen-bond acceptors (Lipinski definition) is 3. The molecule has 5 heteroatoms. The molecule has 3 rings (SSSR count). The van der Waals surface area contributed by atoms with Gasteiger partial charge in [-0.2, -0.15) is 0 Å². The number of likely N-dealkylation sites (tertiary alicyclic amines) is 1. The van der Waals surface area contributed by atoms with Crippen molar-refractivity contribution in [2.24, 2.45) is 5.92 Å². The van der Waals surface area contributed by atoms with E-state index in [4.69, 9.17) is 4.74 Å². The van der Waals surface area contributed by atoms with Gasteiger partial charge in [0.2, 0.25) is 5.91 Å². The van der Waals surface area contributed by atoms with Crippen LogP contribution in [0.3, 0.4) is 0 Å². The van der Waals surface area contributed by atoms with Gasteiger partial charge in [0.15, 0.2) is 6.61 Å². The number of amides is 2. The molecule has 2 amide bonds. The van der Waals surface area contributed by atoms with Gasteiger partial charge in [-0.05, 0) is 36.0 Å². The fourth-order valence-corrected chi connectivity index (χ4v) is 3.61. The Morgan fingerprint density at radius 1 is 1.00 bits per heavy atom. The molecule has 5 nitrogen and oxygen atoms in total. The Balaban J connectivity index is 1.59. The quantitative estimate of drug-likeness (QED) is 0.746. The summed E-state index contributed by atoms with van der Waals surface area (Å²) in [5, 5.41) is 2.88. The van der Waals surface area contributed by atoms with E-state index in [0.29, 0.717) is 5.75 Å². The molecule has 1 fully saturated rings. The molecule has 0 unspecified atom stereocenters. The summed E-state index contributed by atoms with van der Waals surface area (Å²) in [5.41, 5.74) is 2.21. The van der Waals surface area contributed by atoms with E-state index in [1.54, 1.807) is 0 Å². The van der Waals surface area contributed by atoms with Crippen LogP contribution in [0, 0.1) is 5.92 Å². The van der Waals surface area contributed by atoms with Gasteiger partial charge in [-0.15, -0.1) is 0 Å². The lowest BCUT2D eigenvalue weighted by molar-refractivity contribution is -0.137. The molecule has 0 spiro atoms. The van der Waals surface area contributed by atoms with Crippen molar-refractivity contribution in [2.45, 2.75) is 39.2 Å². The molecule has 1 aliphatic heterocycles. The number of para-hydroxylation sites is 1. The topological polar surface area (TPSA) is 58.6 Å². The largest absolute Gasteiger partial charge is 0.483 e. The van der Waals surface area contributed by atoms with Gasteiger partial charge in [0, 0.05) is 19.5 Å².